The van der Waals surface area contributed by atoms with Crippen LogP contribution in [-0.2, 0) is 10.3 Å². The number of ether oxygens (including phenoxy) is 2. The van der Waals surface area contributed by atoms with Crippen LogP contribution in [0, 0.1) is 18.2 Å². The van der Waals surface area contributed by atoms with Gasteiger partial charge in [-0.3, -0.25) is 4.99 Å². The van der Waals surface area contributed by atoms with Crippen molar-refractivity contribution < 1.29 is 31.4 Å². The molecule has 0 saturated heterocycles. The van der Waals surface area contributed by atoms with Crippen molar-refractivity contribution >= 4 is 17.7 Å². The first-order valence-corrected chi connectivity index (χ1v) is 9.52. The van der Waals surface area contributed by atoms with E-state index in [4.69, 9.17) is 21.6 Å². The topological polar surface area (TPSA) is 82.6 Å². The average Bonchev–Trinajstić information content (AvgIpc) is 2.76. The van der Waals surface area contributed by atoms with Gasteiger partial charge in [-0.15, -0.1) is 6.42 Å². The van der Waals surface area contributed by atoms with E-state index in [1.165, 1.54) is 25.3 Å². The normalized spacial score (nSPS) is 23.6. The van der Waals surface area contributed by atoms with Crippen molar-refractivity contribution in [1.29, 1.82) is 0 Å². The molecule has 0 radical (unpaired) electrons. The highest BCUT2D eigenvalue weighted by atomic mass is 19.4. The summed E-state index contributed by atoms with van der Waals surface area (Å²) in [5.41, 5.74) is 1.20. The Morgan fingerprint density at radius 1 is 1.30 bits per heavy atom. The number of halogens is 5. The van der Waals surface area contributed by atoms with Gasteiger partial charge in [0.1, 0.15) is 22.9 Å². The van der Waals surface area contributed by atoms with Crippen LogP contribution in [-0.4, -0.2) is 40.8 Å². The molecule has 0 saturated carbocycles. The minimum Gasteiger partial charge on any atom is -0.463 e. The lowest BCUT2D eigenvalue weighted by molar-refractivity contribution is -0.249. The first-order chi connectivity index (χ1) is 15.4. The number of amidine groups is 1. The summed E-state index contributed by atoms with van der Waals surface area (Å²) in [5, 5.41) is 0. The highest BCUT2D eigenvalue weighted by molar-refractivity contribution is 5.90. The Kier molecular flexibility index (Phi) is 6.42. The molecule has 33 heavy (non-hydrogen) atoms. The van der Waals surface area contributed by atoms with Gasteiger partial charge in [-0.05, 0) is 37.6 Å². The lowest BCUT2D eigenvalue weighted by Crippen LogP contribution is -2.60. The van der Waals surface area contributed by atoms with Crippen LogP contribution in [0.3, 0.4) is 0 Å². The molecule has 3 rings (SSSR count). The summed E-state index contributed by atoms with van der Waals surface area (Å²) in [6, 6.07) is 3.59. The molecule has 0 amide bonds. The van der Waals surface area contributed by atoms with Gasteiger partial charge in [-0.1, -0.05) is 12.0 Å². The van der Waals surface area contributed by atoms with Crippen LogP contribution in [0.5, 0.6) is 5.88 Å². The van der Waals surface area contributed by atoms with Gasteiger partial charge >= 0.3 is 6.18 Å². The molecule has 11 heteroatoms. The Labute approximate surface area is 186 Å². The van der Waals surface area contributed by atoms with Crippen molar-refractivity contribution in [3.05, 3.63) is 53.2 Å². The standard InChI is InChI=1S/C22H19F5N4O2/c1-4-7-32-18-11-29-17(10-30-18)16(24)9-13-5-6-15(23)14(8-13)20(2)12-33-21(3,19(28)31-20)22(25,26)27/h1,5-6,8-11H,7,12H2,2-3H3,(H2,28,31)/b16-9-. The number of hydrogen-bond donors (Lipinski definition) is 1. The van der Waals surface area contributed by atoms with Crippen LogP contribution in [0.2, 0.25) is 0 Å². The molecule has 2 aromatic rings. The van der Waals surface area contributed by atoms with E-state index in [0.29, 0.717) is 0 Å². The second-order valence-corrected chi connectivity index (χ2v) is 7.55. The lowest BCUT2D eigenvalue weighted by atomic mass is 9.88. The van der Waals surface area contributed by atoms with E-state index in [0.717, 1.165) is 25.3 Å². The number of alkyl halides is 3. The molecule has 0 spiro atoms. The van der Waals surface area contributed by atoms with Crippen molar-refractivity contribution in [2.75, 3.05) is 13.2 Å². The summed E-state index contributed by atoms with van der Waals surface area (Å²) in [5.74, 6) is -0.0252. The number of nitrogens with two attached hydrogens (primary N) is 1. The molecule has 2 atom stereocenters. The molecule has 0 aliphatic carbocycles. The van der Waals surface area contributed by atoms with Gasteiger partial charge in [-0.2, -0.15) is 13.2 Å². The number of aliphatic imine (C=N–C) groups is 1. The van der Waals surface area contributed by atoms with E-state index in [1.807, 2.05) is 0 Å². The van der Waals surface area contributed by atoms with Crippen molar-refractivity contribution in [2.24, 2.45) is 10.7 Å². The molecule has 0 bridgehead atoms. The first-order valence-electron chi connectivity index (χ1n) is 9.52. The van der Waals surface area contributed by atoms with Gasteiger partial charge in [0.15, 0.2) is 12.4 Å². The summed E-state index contributed by atoms with van der Waals surface area (Å²) >= 11 is 0. The zero-order chi connectivity index (χ0) is 24.4. The largest absolute Gasteiger partial charge is 0.463 e. The zero-order valence-electron chi connectivity index (χ0n) is 17.6. The molecule has 1 aliphatic heterocycles. The van der Waals surface area contributed by atoms with Crippen LogP contribution >= 0.6 is 0 Å². The Balaban J connectivity index is 1.92. The van der Waals surface area contributed by atoms with E-state index in [9.17, 15) is 22.0 Å². The Morgan fingerprint density at radius 3 is 2.61 bits per heavy atom. The molecule has 2 unspecified atom stereocenters. The molecule has 2 heterocycles. The Bertz CT molecular complexity index is 1140. The lowest BCUT2D eigenvalue weighted by Gasteiger charge is -2.41. The monoisotopic (exact) mass is 466 g/mol. The van der Waals surface area contributed by atoms with Gasteiger partial charge in [0.2, 0.25) is 11.5 Å². The first kappa shape index (κ1) is 24.1. The summed E-state index contributed by atoms with van der Waals surface area (Å²) < 4.78 is 79.3. The third kappa shape index (κ3) is 4.80. The fraction of sp³-hybridized carbons (Fsp3) is 0.318. The molecule has 2 N–H and O–H groups in total. The van der Waals surface area contributed by atoms with E-state index in [-0.39, 0.29) is 29.3 Å². The van der Waals surface area contributed by atoms with Crippen molar-refractivity contribution in [1.82, 2.24) is 9.97 Å². The van der Waals surface area contributed by atoms with Gasteiger partial charge in [0, 0.05) is 5.56 Å². The molecule has 174 valence electrons. The Hall–Kier alpha value is -3.52. The SMILES string of the molecule is C#CCOc1cnc(/C(F)=C/c2ccc(F)c(C3(C)COC(C)(C(F)(F)F)C(N)=N3)c2)cn1. The van der Waals surface area contributed by atoms with Crippen molar-refractivity contribution in [2.45, 2.75) is 31.2 Å². The van der Waals surface area contributed by atoms with Gasteiger partial charge in [-0.25, -0.2) is 18.7 Å². The average molecular weight is 466 g/mol. The number of hydrogen-bond acceptors (Lipinski definition) is 6. The van der Waals surface area contributed by atoms with E-state index < -0.39 is 41.4 Å². The maximum Gasteiger partial charge on any atom is 0.424 e. The summed E-state index contributed by atoms with van der Waals surface area (Å²) in [6.07, 6.45) is 3.64. The minimum atomic E-state index is -4.81. The van der Waals surface area contributed by atoms with E-state index in [2.05, 4.69) is 20.9 Å². The van der Waals surface area contributed by atoms with Crippen LogP contribution in [0.1, 0.15) is 30.7 Å². The summed E-state index contributed by atoms with van der Waals surface area (Å²) in [6.45, 7) is 1.50. The maximum atomic E-state index is 14.7. The van der Waals surface area contributed by atoms with Gasteiger partial charge < -0.3 is 15.2 Å². The summed E-state index contributed by atoms with van der Waals surface area (Å²) in [4.78, 5) is 11.7. The second kappa shape index (κ2) is 8.78. The number of benzene rings is 1. The number of aromatic nitrogens is 2. The van der Waals surface area contributed by atoms with E-state index >= 15 is 0 Å². The number of nitrogens with zero attached hydrogens (tertiary/aromatic N) is 3. The van der Waals surface area contributed by atoms with Crippen LogP contribution in [0.15, 0.2) is 35.6 Å². The van der Waals surface area contributed by atoms with E-state index in [1.54, 1.807) is 0 Å². The molecule has 1 aromatic heterocycles. The molecular formula is C22H19F5N4O2. The molecular weight excluding hydrogens is 447 g/mol. The van der Waals surface area contributed by atoms with Crippen molar-refractivity contribution in [3.63, 3.8) is 0 Å². The van der Waals surface area contributed by atoms with Crippen LogP contribution in [0.25, 0.3) is 11.9 Å². The smallest absolute Gasteiger partial charge is 0.424 e. The number of rotatable bonds is 5. The predicted molar refractivity (Wildman–Crippen MR) is 111 cm³/mol. The molecule has 0 fully saturated rings. The zero-order valence-corrected chi connectivity index (χ0v) is 17.6. The summed E-state index contributed by atoms with van der Waals surface area (Å²) in [7, 11) is 0. The maximum absolute atomic E-state index is 14.7. The fourth-order valence-corrected chi connectivity index (χ4v) is 3.02. The second-order valence-electron chi connectivity index (χ2n) is 7.55. The highest BCUT2D eigenvalue weighted by Crippen LogP contribution is 2.41. The molecule has 1 aromatic carbocycles. The predicted octanol–water partition coefficient (Wildman–Crippen LogP) is 4.02. The minimum absolute atomic E-state index is 0.0255. The highest BCUT2D eigenvalue weighted by Gasteiger charge is 2.59. The molecule has 1 aliphatic rings. The van der Waals surface area contributed by atoms with Crippen molar-refractivity contribution in [3.8, 4) is 18.2 Å². The third-order valence-corrected chi connectivity index (χ3v) is 5.08. The van der Waals surface area contributed by atoms with Crippen LogP contribution in [0.4, 0.5) is 22.0 Å². The quantitative estimate of drug-likeness (QED) is 0.532. The van der Waals surface area contributed by atoms with Crippen LogP contribution < -0.4 is 10.5 Å². The fourth-order valence-electron chi connectivity index (χ4n) is 3.02. The third-order valence-electron chi connectivity index (χ3n) is 5.08. The number of terminal acetylenes is 1. The van der Waals surface area contributed by atoms with Gasteiger partial charge in [0.05, 0.1) is 19.0 Å². The molecule has 6 nitrogen and oxygen atoms in total. The Morgan fingerprint density at radius 2 is 2.03 bits per heavy atom. The van der Waals surface area contributed by atoms with Gasteiger partial charge in [0.25, 0.3) is 0 Å².